The Kier molecular flexibility index (Phi) is 4.80. The first-order valence-corrected chi connectivity index (χ1v) is 6.38. The lowest BCUT2D eigenvalue weighted by Crippen LogP contribution is -2.38. The fourth-order valence-electron chi connectivity index (χ4n) is 2.14. The van der Waals surface area contributed by atoms with Gasteiger partial charge in [-0.1, -0.05) is 13.8 Å². The average molecular weight is 243 g/mol. The molecule has 0 aromatic carbocycles. The van der Waals surface area contributed by atoms with Gasteiger partial charge in [0.2, 0.25) is 0 Å². The van der Waals surface area contributed by atoms with Crippen molar-refractivity contribution in [1.82, 2.24) is 5.32 Å². The number of nitrogens with one attached hydrogen (secondary N) is 1. The van der Waals surface area contributed by atoms with Crippen LogP contribution < -0.4 is 5.32 Å². The molecule has 1 heterocycles. The van der Waals surface area contributed by atoms with Crippen LogP contribution in [0.2, 0.25) is 0 Å². The van der Waals surface area contributed by atoms with Crippen LogP contribution >= 0.6 is 0 Å². The predicted molar refractivity (Wildman–Crippen MR) is 66.9 cm³/mol. The quantitative estimate of drug-likeness (QED) is 0.828. The molecule has 0 spiro atoms. The molecular weight excluding hydrogens is 218 g/mol. The second kappa shape index (κ2) is 5.71. The normalized spacial score (nSPS) is 25.1. The van der Waals surface area contributed by atoms with Gasteiger partial charge in [0.15, 0.2) is 0 Å². The predicted octanol–water partition coefficient (Wildman–Crippen LogP) is 2.57. The van der Waals surface area contributed by atoms with Crippen LogP contribution in [-0.4, -0.2) is 30.9 Å². The Morgan fingerprint density at radius 1 is 1.47 bits per heavy atom. The van der Waals surface area contributed by atoms with E-state index < -0.39 is 5.60 Å². The number of carbonyl (C=O) groups is 1. The summed E-state index contributed by atoms with van der Waals surface area (Å²) in [6, 6.07) is 0. The number of carbonyl (C=O) groups excluding carboxylic acids is 1. The van der Waals surface area contributed by atoms with Crippen molar-refractivity contribution >= 4 is 6.09 Å². The van der Waals surface area contributed by atoms with Crippen molar-refractivity contribution < 1.29 is 14.3 Å². The van der Waals surface area contributed by atoms with Gasteiger partial charge in [-0.15, -0.1) is 0 Å². The van der Waals surface area contributed by atoms with E-state index in [1.54, 1.807) is 0 Å². The molecule has 0 bridgehead atoms. The van der Waals surface area contributed by atoms with E-state index in [2.05, 4.69) is 19.2 Å². The molecule has 0 saturated carbocycles. The number of hydrogen-bond donors (Lipinski definition) is 1. The summed E-state index contributed by atoms with van der Waals surface area (Å²) in [4.78, 5) is 11.5. The van der Waals surface area contributed by atoms with E-state index >= 15 is 0 Å². The molecule has 1 N–H and O–H groups in total. The minimum Gasteiger partial charge on any atom is -0.444 e. The lowest BCUT2D eigenvalue weighted by molar-refractivity contribution is 0.0429. The van der Waals surface area contributed by atoms with Crippen LogP contribution in [0, 0.1) is 11.8 Å². The van der Waals surface area contributed by atoms with E-state index in [1.165, 1.54) is 0 Å². The van der Waals surface area contributed by atoms with Crippen LogP contribution in [0.1, 0.15) is 41.0 Å². The lowest BCUT2D eigenvalue weighted by atomic mass is 9.93. The van der Waals surface area contributed by atoms with E-state index in [-0.39, 0.29) is 12.2 Å². The zero-order valence-corrected chi connectivity index (χ0v) is 11.6. The second-order valence-electron chi connectivity index (χ2n) is 6.01. The summed E-state index contributed by atoms with van der Waals surface area (Å²) in [6.07, 6.45) is 0.926. The molecular formula is C13H25NO3. The fourth-order valence-corrected chi connectivity index (χ4v) is 2.14. The highest BCUT2D eigenvalue weighted by Crippen LogP contribution is 2.26. The highest BCUT2D eigenvalue weighted by molar-refractivity contribution is 5.67. The Labute approximate surface area is 104 Å². The first-order valence-electron chi connectivity index (χ1n) is 6.38. The van der Waals surface area contributed by atoms with Gasteiger partial charge in [-0.05, 0) is 33.1 Å². The van der Waals surface area contributed by atoms with Crippen LogP contribution in [-0.2, 0) is 9.47 Å². The zero-order chi connectivity index (χ0) is 13.1. The fraction of sp³-hybridized carbons (Fsp3) is 0.923. The standard InChI is InChI=1S/C13H25NO3/c1-9(2)11-10(6-7-16-11)8-14-12(15)17-13(3,4)5/h9-11H,6-8H2,1-5H3,(H,14,15)/t10-,11-/m0/s1. The molecule has 4 nitrogen and oxygen atoms in total. The van der Waals surface area contributed by atoms with Gasteiger partial charge in [0, 0.05) is 19.1 Å². The van der Waals surface area contributed by atoms with Gasteiger partial charge in [0.25, 0.3) is 0 Å². The minimum absolute atomic E-state index is 0.255. The van der Waals surface area contributed by atoms with Crippen molar-refractivity contribution in [2.45, 2.75) is 52.7 Å². The zero-order valence-electron chi connectivity index (χ0n) is 11.6. The second-order valence-corrected chi connectivity index (χ2v) is 6.01. The van der Waals surface area contributed by atoms with E-state index in [0.29, 0.717) is 18.4 Å². The molecule has 4 heteroatoms. The maximum Gasteiger partial charge on any atom is 0.407 e. The lowest BCUT2D eigenvalue weighted by Gasteiger charge is -2.24. The van der Waals surface area contributed by atoms with E-state index in [1.807, 2.05) is 20.8 Å². The van der Waals surface area contributed by atoms with E-state index in [0.717, 1.165) is 13.0 Å². The molecule has 0 aliphatic carbocycles. The van der Waals surface area contributed by atoms with Gasteiger partial charge in [-0.3, -0.25) is 0 Å². The Morgan fingerprint density at radius 2 is 2.12 bits per heavy atom. The number of alkyl carbamates (subject to hydrolysis) is 1. The molecule has 2 atom stereocenters. The third-order valence-corrected chi connectivity index (χ3v) is 2.83. The summed E-state index contributed by atoms with van der Waals surface area (Å²) in [5.74, 6) is 0.894. The smallest absolute Gasteiger partial charge is 0.407 e. The molecule has 1 fully saturated rings. The average Bonchev–Trinajstić information content (AvgIpc) is 2.59. The van der Waals surface area contributed by atoms with Gasteiger partial charge in [-0.2, -0.15) is 0 Å². The molecule has 1 rings (SSSR count). The number of amides is 1. The van der Waals surface area contributed by atoms with Crippen molar-refractivity contribution in [2.75, 3.05) is 13.2 Å². The molecule has 100 valence electrons. The van der Waals surface area contributed by atoms with Gasteiger partial charge >= 0.3 is 6.09 Å². The summed E-state index contributed by atoms with van der Waals surface area (Å²) >= 11 is 0. The number of hydrogen-bond acceptors (Lipinski definition) is 3. The molecule has 1 amide bonds. The highest BCUT2D eigenvalue weighted by Gasteiger charge is 2.31. The van der Waals surface area contributed by atoms with Crippen LogP contribution in [0.15, 0.2) is 0 Å². The van der Waals surface area contributed by atoms with Crippen molar-refractivity contribution in [1.29, 1.82) is 0 Å². The molecule has 0 aromatic heterocycles. The Hall–Kier alpha value is -0.770. The van der Waals surface area contributed by atoms with Crippen molar-refractivity contribution in [3.05, 3.63) is 0 Å². The number of rotatable bonds is 3. The maximum absolute atomic E-state index is 11.5. The van der Waals surface area contributed by atoms with Gasteiger partial charge in [0.1, 0.15) is 5.60 Å². The Balaban J connectivity index is 2.33. The first kappa shape index (κ1) is 14.3. The molecule has 0 radical (unpaired) electrons. The van der Waals surface area contributed by atoms with Crippen LogP contribution in [0.3, 0.4) is 0 Å². The SMILES string of the molecule is CC(C)[C@@H]1OCC[C@H]1CNC(=O)OC(C)(C)C. The van der Waals surface area contributed by atoms with E-state index in [4.69, 9.17) is 9.47 Å². The maximum atomic E-state index is 11.5. The largest absolute Gasteiger partial charge is 0.444 e. The highest BCUT2D eigenvalue weighted by atomic mass is 16.6. The Bertz CT molecular complexity index is 258. The summed E-state index contributed by atoms with van der Waals surface area (Å²) in [5.41, 5.74) is -0.437. The molecule has 1 aliphatic heterocycles. The van der Waals surface area contributed by atoms with Gasteiger partial charge in [-0.25, -0.2) is 4.79 Å². The third-order valence-electron chi connectivity index (χ3n) is 2.83. The van der Waals surface area contributed by atoms with Crippen molar-refractivity contribution in [3.8, 4) is 0 Å². The number of ether oxygens (including phenoxy) is 2. The van der Waals surface area contributed by atoms with Crippen LogP contribution in [0.5, 0.6) is 0 Å². The minimum atomic E-state index is -0.437. The van der Waals surface area contributed by atoms with Crippen molar-refractivity contribution in [2.24, 2.45) is 11.8 Å². The van der Waals surface area contributed by atoms with Crippen molar-refractivity contribution in [3.63, 3.8) is 0 Å². The summed E-state index contributed by atoms with van der Waals surface area (Å²) in [6.45, 7) is 11.3. The van der Waals surface area contributed by atoms with Crippen LogP contribution in [0.4, 0.5) is 4.79 Å². The summed E-state index contributed by atoms with van der Waals surface area (Å²) < 4.78 is 10.9. The van der Waals surface area contributed by atoms with Gasteiger partial charge in [0.05, 0.1) is 6.10 Å². The Morgan fingerprint density at radius 3 is 2.65 bits per heavy atom. The molecule has 0 unspecified atom stereocenters. The molecule has 1 saturated heterocycles. The first-order chi connectivity index (χ1) is 7.79. The van der Waals surface area contributed by atoms with E-state index in [9.17, 15) is 4.79 Å². The summed E-state index contributed by atoms with van der Waals surface area (Å²) in [7, 11) is 0. The summed E-state index contributed by atoms with van der Waals surface area (Å²) in [5, 5.41) is 2.82. The molecule has 17 heavy (non-hydrogen) atoms. The molecule has 1 aliphatic rings. The monoisotopic (exact) mass is 243 g/mol. The topological polar surface area (TPSA) is 47.6 Å². The third kappa shape index (κ3) is 4.94. The molecule has 0 aromatic rings. The van der Waals surface area contributed by atoms with Crippen LogP contribution in [0.25, 0.3) is 0 Å². The van der Waals surface area contributed by atoms with Gasteiger partial charge < -0.3 is 14.8 Å².